The maximum absolute atomic E-state index is 14.0. The topological polar surface area (TPSA) is 72.6 Å². The molecule has 0 radical (unpaired) electrons. The van der Waals surface area contributed by atoms with E-state index < -0.39 is 0 Å². The van der Waals surface area contributed by atoms with Crippen molar-refractivity contribution in [3.05, 3.63) is 66.1 Å². The zero-order valence-corrected chi connectivity index (χ0v) is 16.5. The van der Waals surface area contributed by atoms with Gasteiger partial charge in [0.25, 0.3) is 0 Å². The van der Waals surface area contributed by atoms with Gasteiger partial charge in [-0.3, -0.25) is 0 Å². The summed E-state index contributed by atoms with van der Waals surface area (Å²) in [5.74, 6) is 0.828. The first kappa shape index (κ1) is 18.4. The maximum Gasteiger partial charge on any atom is 0.225 e. The molecule has 0 N–H and O–H groups in total. The Morgan fingerprint density at radius 2 is 1.80 bits per heavy atom. The summed E-state index contributed by atoms with van der Waals surface area (Å²) in [6, 6.07) is 14.3. The van der Waals surface area contributed by atoms with Crippen molar-refractivity contribution in [2.24, 2.45) is 0 Å². The summed E-state index contributed by atoms with van der Waals surface area (Å²) < 4.78 is 15.7. The predicted molar refractivity (Wildman–Crippen MR) is 112 cm³/mol. The van der Waals surface area contributed by atoms with E-state index in [0.717, 1.165) is 37.2 Å². The highest BCUT2D eigenvalue weighted by atomic mass is 19.1. The number of tetrazole rings is 1. The van der Waals surface area contributed by atoms with Gasteiger partial charge in [0.2, 0.25) is 5.95 Å². The van der Waals surface area contributed by atoms with Crippen molar-refractivity contribution in [2.75, 3.05) is 18.0 Å². The third kappa shape index (κ3) is 3.41. The molecule has 1 aliphatic rings. The normalized spacial score (nSPS) is 13.7. The molecule has 5 rings (SSSR count). The van der Waals surface area contributed by atoms with Crippen LogP contribution >= 0.6 is 0 Å². The fourth-order valence-corrected chi connectivity index (χ4v) is 3.68. The molecule has 30 heavy (non-hydrogen) atoms. The molecule has 0 saturated carbocycles. The molecule has 2 aromatic heterocycles. The number of aryl methyl sites for hydroxylation is 1. The number of halogens is 1. The van der Waals surface area contributed by atoms with E-state index in [4.69, 9.17) is 4.98 Å². The molecule has 1 aliphatic heterocycles. The number of rotatable bonds is 4. The van der Waals surface area contributed by atoms with Crippen molar-refractivity contribution in [2.45, 2.75) is 19.8 Å². The molecule has 4 aromatic rings. The summed E-state index contributed by atoms with van der Waals surface area (Å²) in [6.45, 7) is 3.86. The summed E-state index contributed by atoms with van der Waals surface area (Å²) >= 11 is 0. The van der Waals surface area contributed by atoms with Gasteiger partial charge in [-0.25, -0.2) is 14.4 Å². The molecule has 0 atom stereocenters. The van der Waals surface area contributed by atoms with Crippen LogP contribution in [0.4, 0.5) is 10.3 Å². The van der Waals surface area contributed by atoms with Gasteiger partial charge in [-0.15, -0.1) is 5.10 Å². The van der Waals surface area contributed by atoms with E-state index in [1.807, 2.05) is 37.3 Å². The van der Waals surface area contributed by atoms with Crippen LogP contribution in [-0.2, 0) is 0 Å². The number of nitrogens with zero attached hydrogens (tertiary/aromatic N) is 7. The quantitative estimate of drug-likeness (QED) is 0.517. The Bertz CT molecular complexity index is 1180. The molecule has 0 amide bonds. The molecule has 0 aliphatic carbocycles. The van der Waals surface area contributed by atoms with Gasteiger partial charge in [-0.2, -0.15) is 4.68 Å². The Labute approximate surface area is 173 Å². The lowest BCUT2D eigenvalue weighted by Crippen LogP contribution is -2.20. The predicted octanol–water partition coefficient (Wildman–Crippen LogP) is 3.83. The zero-order valence-electron chi connectivity index (χ0n) is 16.5. The standard InChI is InChI=1S/C22H20FN7/c1-15-7-9-18(10-8-15)30-21(26-27-28-30)19-14-24-22(29-11-2-3-12-29)25-20(19)16-5-4-6-17(23)13-16/h4-10,13-14H,2-3,11-12H2,1H3. The summed E-state index contributed by atoms with van der Waals surface area (Å²) in [4.78, 5) is 11.5. The van der Waals surface area contributed by atoms with E-state index in [2.05, 4.69) is 25.4 Å². The van der Waals surface area contributed by atoms with Crippen molar-refractivity contribution in [1.29, 1.82) is 0 Å². The smallest absolute Gasteiger partial charge is 0.225 e. The number of anilines is 1. The Morgan fingerprint density at radius 3 is 2.57 bits per heavy atom. The fourth-order valence-electron chi connectivity index (χ4n) is 3.68. The highest BCUT2D eigenvalue weighted by molar-refractivity contribution is 5.78. The summed E-state index contributed by atoms with van der Waals surface area (Å²) in [5, 5.41) is 12.3. The summed E-state index contributed by atoms with van der Waals surface area (Å²) in [7, 11) is 0. The van der Waals surface area contributed by atoms with Gasteiger partial charge in [0.1, 0.15) is 5.82 Å². The van der Waals surface area contributed by atoms with Crippen LogP contribution in [0, 0.1) is 12.7 Å². The average molecular weight is 401 g/mol. The second kappa shape index (κ2) is 7.62. The Hall–Kier alpha value is -3.68. The molecular weight excluding hydrogens is 381 g/mol. The Balaban J connectivity index is 1.67. The van der Waals surface area contributed by atoms with Gasteiger partial charge in [0, 0.05) is 24.8 Å². The van der Waals surface area contributed by atoms with Gasteiger partial charge in [0.05, 0.1) is 16.9 Å². The van der Waals surface area contributed by atoms with Crippen molar-refractivity contribution in [3.63, 3.8) is 0 Å². The van der Waals surface area contributed by atoms with Crippen LogP contribution in [0.2, 0.25) is 0 Å². The molecular formula is C22H20FN7. The molecule has 3 heterocycles. The van der Waals surface area contributed by atoms with Crippen LogP contribution in [-0.4, -0.2) is 43.3 Å². The third-order valence-electron chi connectivity index (χ3n) is 5.25. The molecule has 0 bridgehead atoms. The molecule has 8 heteroatoms. The Morgan fingerprint density at radius 1 is 1.00 bits per heavy atom. The first-order valence-corrected chi connectivity index (χ1v) is 9.93. The molecule has 1 saturated heterocycles. The lowest BCUT2D eigenvalue weighted by molar-refractivity contribution is 0.628. The van der Waals surface area contributed by atoms with Gasteiger partial charge < -0.3 is 4.90 Å². The lowest BCUT2D eigenvalue weighted by atomic mass is 10.1. The SMILES string of the molecule is Cc1ccc(-n2nnnc2-c2cnc(N3CCCC3)nc2-c2cccc(F)c2)cc1. The lowest BCUT2D eigenvalue weighted by Gasteiger charge is -2.17. The zero-order chi connectivity index (χ0) is 20.5. The second-order valence-electron chi connectivity index (χ2n) is 7.39. The first-order chi connectivity index (χ1) is 14.7. The number of aromatic nitrogens is 6. The van der Waals surface area contributed by atoms with Crippen molar-refractivity contribution < 1.29 is 4.39 Å². The van der Waals surface area contributed by atoms with E-state index >= 15 is 0 Å². The highest BCUT2D eigenvalue weighted by Crippen LogP contribution is 2.32. The maximum atomic E-state index is 14.0. The minimum atomic E-state index is -0.321. The van der Waals surface area contributed by atoms with Gasteiger partial charge in [-0.1, -0.05) is 29.8 Å². The van der Waals surface area contributed by atoms with Crippen molar-refractivity contribution >= 4 is 5.95 Å². The van der Waals surface area contributed by atoms with Crippen LogP contribution in [0.25, 0.3) is 28.3 Å². The number of benzene rings is 2. The van der Waals surface area contributed by atoms with Crippen LogP contribution < -0.4 is 4.90 Å². The molecule has 0 spiro atoms. The molecule has 1 fully saturated rings. The van der Waals surface area contributed by atoms with Crippen molar-refractivity contribution in [3.8, 4) is 28.3 Å². The highest BCUT2D eigenvalue weighted by Gasteiger charge is 2.22. The largest absolute Gasteiger partial charge is 0.341 e. The minimum Gasteiger partial charge on any atom is -0.341 e. The molecule has 150 valence electrons. The van der Waals surface area contributed by atoms with Gasteiger partial charge in [0.15, 0.2) is 5.82 Å². The van der Waals surface area contributed by atoms with Crippen LogP contribution in [0.15, 0.2) is 54.7 Å². The average Bonchev–Trinajstić information content (AvgIpc) is 3.46. The van der Waals surface area contributed by atoms with Crippen LogP contribution in [0.5, 0.6) is 0 Å². The number of hydrogen-bond donors (Lipinski definition) is 0. The van der Waals surface area contributed by atoms with E-state index in [-0.39, 0.29) is 5.82 Å². The van der Waals surface area contributed by atoms with Crippen LogP contribution in [0.3, 0.4) is 0 Å². The van der Waals surface area contributed by atoms with Gasteiger partial charge >= 0.3 is 0 Å². The van der Waals surface area contributed by atoms with E-state index in [1.165, 1.54) is 12.1 Å². The summed E-state index contributed by atoms with van der Waals surface area (Å²) in [5.41, 5.74) is 3.89. The molecule has 0 unspecified atom stereocenters. The number of hydrogen-bond acceptors (Lipinski definition) is 6. The van der Waals surface area contributed by atoms with E-state index in [9.17, 15) is 4.39 Å². The fraction of sp³-hybridized carbons (Fsp3) is 0.227. The summed E-state index contributed by atoms with van der Waals surface area (Å²) in [6.07, 6.45) is 3.97. The third-order valence-corrected chi connectivity index (χ3v) is 5.25. The van der Waals surface area contributed by atoms with Gasteiger partial charge in [-0.05, 0) is 54.5 Å². The van der Waals surface area contributed by atoms with E-state index in [1.54, 1.807) is 16.9 Å². The second-order valence-corrected chi connectivity index (χ2v) is 7.39. The Kier molecular flexibility index (Phi) is 4.66. The molecule has 7 nitrogen and oxygen atoms in total. The first-order valence-electron chi connectivity index (χ1n) is 9.93. The van der Waals surface area contributed by atoms with Crippen LogP contribution in [0.1, 0.15) is 18.4 Å². The van der Waals surface area contributed by atoms with Crippen molar-refractivity contribution in [1.82, 2.24) is 30.2 Å². The monoisotopic (exact) mass is 401 g/mol. The van der Waals surface area contributed by atoms with E-state index in [0.29, 0.717) is 28.6 Å². The molecule has 2 aromatic carbocycles. The minimum absolute atomic E-state index is 0.321.